The van der Waals surface area contributed by atoms with Gasteiger partial charge in [0.15, 0.2) is 10.2 Å². The summed E-state index contributed by atoms with van der Waals surface area (Å²) in [4.78, 5) is 46.5. The van der Waals surface area contributed by atoms with Crippen molar-refractivity contribution < 1.29 is 18.8 Å². The molecule has 9 heteroatoms. The zero-order chi connectivity index (χ0) is 19.0. The van der Waals surface area contributed by atoms with E-state index >= 15 is 0 Å². The molecule has 1 fully saturated rings. The van der Waals surface area contributed by atoms with Crippen molar-refractivity contribution >= 4 is 35.7 Å². The highest BCUT2D eigenvalue weighted by Gasteiger charge is 2.38. The Labute approximate surface area is 153 Å². The van der Waals surface area contributed by atoms with Gasteiger partial charge in [0, 0.05) is 25.5 Å². The fourth-order valence-electron chi connectivity index (χ4n) is 2.41. The van der Waals surface area contributed by atoms with Gasteiger partial charge in [-0.05, 0) is 49.9 Å². The van der Waals surface area contributed by atoms with Crippen LogP contribution in [0.4, 0.5) is 4.79 Å². The predicted octanol–water partition coefficient (Wildman–Crippen LogP) is 2.27. The van der Waals surface area contributed by atoms with E-state index < -0.39 is 17.8 Å². The van der Waals surface area contributed by atoms with Gasteiger partial charge in [-0.15, -0.1) is 0 Å². The lowest BCUT2D eigenvalue weighted by Crippen LogP contribution is -2.52. The summed E-state index contributed by atoms with van der Waals surface area (Å²) in [6, 6.07) is 4.54. The van der Waals surface area contributed by atoms with Crippen molar-refractivity contribution in [2.75, 3.05) is 14.1 Å². The summed E-state index contributed by atoms with van der Waals surface area (Å²) in [6.45, 7) is 3.76. The van der Waals surface area contributed by atoms with Gasteiger partial charge < -0.3 is 4.42 Å². The Bertz CT molecular complexity index is 904. The van der Waals surface area contributed by atoms with Crippen molar-refractivity contribution in [2.45, 2.75) is 24.1 Å². The summed E-state index contributed by atoms with van der Waals surface area (Å²) < 4.78 is 5.64. The maximum Gasteiger partial charge on any atom is 0.333 e. The smallest absolute Gasteiger partial charge is 0.333 e. The molecule has 134 valence electrons. The molecule has 3 heterocycles. The molecule has 0 saturated carbocycles. The third kappa shape index (κ3) is 3.38. The normalized spacial score (nSPS) is 15.1. The number of aryl methyl sites for hydroxylation is 2. The van der Waals surface area contributed by atoms with E-state index in [1.807, 2.05) is 19.9 Å². The number of likely N-dealkylation sites (N-methyl/N-ethyl adjacent to an activating group) is 2. The first-order chi connectivity index (χ1) is 12.3. The maximum absolute atomic E-state index is 12.2. The van der Waals surface area contributed by atoms with Crippen LogP contribution < -0.4 is 0 Å². The van der Waals surface area contributed by atoms with Gasteiger partial charge in [-0.1, -0.05) is 0 Å². The quantitative estimate of drug-likeness (QED) is 0.463. The summed E-state index contributed by atoms with van der Waals surface area (Å²) in [5.41, 5.74) is 1.56. The van der Waals surface area contributed by atoms with Gasteiger partial charge in [-0.3, -0.25) is 19.4 Å². The number of hydrogen-bond acceptors (Lipinski definition) is 7. The van der Waals surface area contributed by atoms with Gasteiger partial charge in [-0.2, -0.15) is 0 Å². The summed E-state index contributed by atoms with van der Waals surface area (Å²) in [5.74, 6) is -1.01. The maximum atomic E-state index is 12.2. The van der Waals surface area contributed by atoms with Gasteiger partial charge in [0.05, 0.1) is 0 Å². The number of urea groups is 1. The summed E-state index contributed by atoms with van der Waals surface area (Å²) in [7, 11) is 2.64. The fourth-order valence-corrected chi connectivity index (χ4v) is 3.25. The number of carbonyl (C=O) groups excluding carboxylic acids is 3. The first-order valence-corrected chi connectivity index (χ1v) is 8.49. The molecular formula is C17H16N4O4S. The monoisotopic (exact) mass is 372 g/mol. The number of barbiturate groups is 1. The van der Waals surface area contributed by atoms with Crippen LogP contribution in [0.3, 0.4) is 0 Å². The highest BCUT2D eigenvalue weighted by atomic mass is 32.2. The van der Waals surface area contributed by atoms with Crippen LogP contribution in [0.15, 0.2) is 38.4 Å². The molecule has 0 aliphatic carbocycles. The zero-order valence-electron chi connectivity index (χ0n) is 14.6. The van der Waals surface area contributed by atoms with Crippen molar-refractivity contribution in [2.24, 2.45) is 0 Å². The molecule has 0 bridgehead atoms. The van der Waals surface area contributed by atoms with Crippen molar-refractivity contribution in [3.05, 3.63) is 40.9 Å². The standard InChI is InChI=1S/C17H16N4O4S/c1-9-7-10(2)19-16(18-9)26-13-6-5-11(25-13)8-12-14(22)20(3)17(24)21(4)15(12)23/h5-8H,1-4H3. The molecule has 2 aromatic rings. The van der Waals surface area contributed by atoms with Crippen molar-refractivity contribution in [1.29, 1.82) is 0 Å². The van der Waals surface area contributed by atoms with Crippen LogP contribution in [-0.4, -0.2) is 51.7 Å². The number of carbonyl (C=O) groups is 3. The number of imide groups is 2. The number of nitrogens with zero attached hydrogens (tertiary/aromatic N) is 4. The zero-order valence-corrected chi connectivity index (χ0v) is 15.5. The highest BCUT2D eigenvalue weighted by Crippen LogP contribution is 2.28. The first kappa shape index (κ1) is 17.9. The topological polar surface area (TPSA) is 96.6 Å². The van der Waals surface area contributed by atoms with Gasteiger partial charge >= 0.3 is 6.03 Å². The van der Waals surface area contributed by atoms with Crippen molar-refractivity contribution in [3.63, 3.8) is 0 Å². The molecular weight excluding hydrogens is 356 g/mol. The lowest BCUT2D eigenvalue weighted by molar-refractivity contribution is -0.134. The molecule has 0 atom stereocenters. The lowest BCUT2D eigenvalue weighted by Gasteiger charge is -2.28. The van der Waals surface area contributed by atoms with E-state index in [0.717, 1.165) is 21.2 Å². The molecule has 3 rings (SSSR count). The summed E-state index contributed by atoms with van der Waals surface area (Å²) in [6.07, 6.45) is 1.33. The van der Waals surface area contributed by atoms with E-state index in [1.165, 1.54) is 31.9 Å². The Kier molecular flexibility index (Phi) is 4.64. The van der Waals surface area contributed by atoms with E-state index in [2.05, 4.69) is 9.97 Å². The van der Waals surface area contributed by atoms with E-state index in [9.17, 15) is 14.4 Å². The fraction of sp³-hybridized carbons (Fsp3) is 0.235. The van der Waals surface area contributed by atoms with E-state index in [-0.39, 0.29) is 5.57 Å². The van der Waals surface area contributed by atoms with Gasteiger partial charge in [-0.25, -0.2) is 14.8 Å². The number of furan rings is 1. The third-order valence-electron chi connectivity index (χ3n) is 3.69. The molecule has 1 saturated heterocycles. The molecule has 0 spiro atoms. The van der Waals surface area contributed by atoms with Gasteiger partial charge in [0.25, 0.3) is 11.8 Å². The number of aromatic nitrogens is 2. The minimum Gasteiger partial charge on any atom is -0.450 e. The second-order valence-electron chi connectivity index (χ2n) is 5.76. The molecule has 1 aliphatic rings. The Morgan fingerprint density at radius 2 is 1.58 bits per heavy atom. The van der Waals surface area contributed by atoms with Crippen LogP contribution in [0.5, 0.6) is 0 Å². The highest BCUT2D eigenvalue weighted by molar-refractivity contribution is 7.99. The van der Waals surface area contributed by atoms with Crippen molar-refractivity contribution in [3.8, 4) is 0 Å². The molecule has 0 aromatic carbocycles. The van der Waals surface area contributed by atoms with E-state index in [0.29, 0.717) is 16.0 Å². The first-order valence-electron chi connectivity index (χ1n) is 7.68. The minimum atomic E-state index is -0.667. The average Bonchev–Trinajstić information content (AvgIpc) is 3.01. The Morgan fingerprint density at radius 1 is 1.00 bits per heavy atom. The molecule has 26 heavy (non-hydrogen) atoms. The largest absolute Gasteiger partial charge is 0.450 e. The third-order valence-corrected chi connectivity index (χ3v) is 4.47. The SMILES string of the molecule is Cc1cc(C)nc(Sc2ccc(C=C3C(=O)N(C)C(=O)N(C)C3=O)o2)n1. The molecule has 0 radical (unpaired) electrons. The van der Waals surface area contributed by atoms with Crippen LogP contribution in [0.1, 0.15) is 17.1 Å². The number of amides is 4. The van der Waals surface area contributed by atoms with Crippen LogP contribution in [-0.2, 0) is 9.59 Å². The minimum absolute atomic E-state index is 0.136. The Hall–Kier alpha value is -2.94. The average molecular weight is 372 g/mol. The van der Waals surface area contributed by atoms with Crippen LogP contribution in [0.25, 0.3) is 6.08 Å². The van der Waals surface area contributed by atoms with Gasteiger partial charge in [0.1, 0.15) is 11.3 Å². The molecule has 0 N–H and O–H groups in total. The van der Waals surface area contributed by atoms with Crippen LogP contribution in [0, 0.1) is 13.8 Å². The molecule has 4 amide bonds. The van der Waals surface area contributed by atoms with Gasteiger partial charge in [0.2, 0.25) is 0 Å². The number of hydrogen-bond donors (Lipinski definition) is 0. The van der Waals surface area contributed by atoms with E-state index in [1.54, 1.807) is 12.1 Å². The van der Waals surface area contributed by atoms with E-state index in [4.69, 9.17) is 4.42 Å². The Morgan fingerprint density at radius 3 is 2.15 bits per heavy atom. The second kappa shape index (κ2) is 6.75. The lowest BCUT2D eigenvalue weighted by atomic mass is 10.1. The Balaban J connectivity index is 1.85. The summed E-state index contributed by atoms with van der Waals surface area (Å²) >= 11 is 1.24. The molecule has 1 aliphatic heterocycles. The predicted molar refractivity (Wildman–Crippen MR) is 93.3 cm³/mol. The molecule has 2 aromatic heterocycles. The second-order valence-corrected chi connectivity index (χ2v) is 6.73. The van der Waals surface area contributed by atoms with Crippen LogP contribution >= 0.6 is 11.8 Å². The number of rotatable bonds is 3. The summed E-state index contributed by atoms with van der Waals surface area (Å²) in [5, 5.41) is 1.07. The van der Waals surface area contributed by atoms with Crippen molar-refractivity contribution in [1.82, 2.24) is 19.8 Å². The van der Waals surface area contributed by atoms with Crippen LogP contribution in [0.2, 0.25) is 0 Å². The molecule has 8 nitrogen and oxygen atoms in total. The molecule has 0 unspecified atom stereocenters.